The quantitative estimate of drug-likeness (QED) is 0.747. The van der Waals surface area contributed by atoms with Crippen molar-refractivity contribution in [1.82, 2.24) is 19.8 Å². The average Bonchev–Trinajstić information content (AvgIpc) is 2.74. The first kappa shape index (κ1) is 14.3. The van der Waals surface area contributed by atoms with Gasteiger partial charge >= 0.3 is 6.03 Å². The van der Waals surface area contributed by atoms with Crippen molar-refractivity contribution in [2.45, 2.75) is 39.8 Å². The summed E-state index contributed by atoms with van der Waals surface area (Å²) in [6, 6.07) is 0.840. The summed E-state index contributed by atoms with van der Waals surface area (Å²) >= 11 is 0. The summed E-state index contributed by atoms with van der Waals surface area (Å²) in [6.45, 7) is 10.8. The highest BCUT2D eigenvalue weighted by Gasteiger charge is 2.29. The maximum atomic E-state index is 12.1. The van der Waals surface area contributed by atoms with Gasteiger partial charge in [0.25, 0.3) is 0 Å². The molecule has 0 spiro atoms. The zero-order valence-electron chi connectivity index (χ0n) is 12.0. The molecule has 1 rings (SSSR count). The van der Waals surface area contributed by atoms with E-state index in [4.69, 9.17) is 0 Å². The molecule has 1 saturated heterocycles. The van der Waals surface area contributed by atoms with E-state index in [1.165, 1.54) is 0 Å². The van der Waals surface area contributed by atoms with Crippen LogP contribution in [0.2, 0.25) is 0 Å². The van der Waals surface area contributed by atoms with Gasteiger partial charge in [-0.15, -0.1) is 0 Å². The number of nitrogens with zero attached hydrogens (tertiary/aromatic N) is 4. The monoisotopic (exact) mass is 242 g/mol. The molecule has 17 heavy (non-hydrogen) atoms. The Kier molecular flexibility index (Phi) is 4.77. The second kappa shape index (κ2) is 5.69. The molecule has 0 aromatic heterocycles. The molecule has 1 aliphatic heterocycles. The molecule has 0 atom stereocenters. The van der Waals surface area contributed by atoms with Gasteiger partial charge in [-0.05, 0) is 27.7 Å². The van der Waals surface area contributed by atoms with Gasteiger partial charge in [-0.3, -0.25) is 0 Å². The summed E-state index contributed by atoms with van der Waals surface area (Å²) < 4.78 is 0. The van der Waals surface area contributed by atoms with Crippen LogP contribution in [0.4, 0.5) is 4.79 Å². The third kappa shape index (κ3) is 3.33. The standard InChI is InChI=1S/C12H26N4O/c1-10(2)13(5)12(17)15-7-8-16(9-15)14(6)11(3)4/h10-11H,7-9H2,1-6H3. The molecule has 0 aromatic rings. The summed E-state index contributed by atoms with van der Waals surface area (Å²) in [7, 11) is 3.94. The number of amides is 2. The largest absolute Gasteiger partial charge is 0.325 e. The second-order valence-corrected chi connectivity index (χ2v) is 5.29. The number of carbonyl (C=O) groups is 1. The summed E-state index contributed by atoms with van der Waals surface area (Å²) in [4.78, 5) is 15.8. The van der Waals surface area contributed by atoms with Crippen molar-refractivity contribution in [3.63, 3.8) is 0 Å². The van der Waals surface area contributed by atoms with Crippen molar-refractivity contribution in [2.75, 3.05) is 33.9 Å². The maximum absolute atomic E-state index is 12.1. The van der Waals surface area contributed by atoms with E-state index in [0.29, 0.717) is 12.7 Å². The second-order valence-electron chi connectivity index (χ2n) is 5.29. The topological polar surface area (TPSA) is 30.0 Å². The number of hydrogen-bond acceptors (Lipinski definition) is 3. The van der Waals surface area contributed by atoms with Gasteiger partial charge in [0.15, 0.2) is 0 Å². The molecular weight excluding hydrogens is 216 g/mol. The lowest BCUT2D eigenvalue weighted by molar-refractivity contribution is -0.0156. The molecule has 1 fully saturated rings. The van der Waals surface area contributed by atoms with Crippen LogP contribution in [0.3, 0.4) is 0 Å². The van der Waals surface area contributed by atoms with E-state index < -0.39 is 0 Å². The first-order chi connectivity index (χ1) is 7.84. The van der Waals surface area contributed by atoms with E-state index in [2.05, 4.69) is 30.9 Å². The molecule has 0 N–H and O–H groups in total. The van der Waals surface area contributed by atoms with Crippen molar-refractivity contribution in [1.29, 1.82) is 0 Å². The maximum Gasteiger partial charge on any atom is 0.321 e. The lowest BCUT2D eigenvalue weighted by Gasteiger charge is -2.32. The molecule has 0 bridgehead atoms. The first-order valence-corrected chi connectivity index (χ1v) is 6.34. The van der Waals surface area contributed by atoms with Crippen LogP contribution in [0.25, 0.3) is 0 Å². The van der Waals surface area contributed by atoms with Crippen LogP contribution in [-0.2, 0) is 0 Å². The Bertz CT molecular complexity index is 267. The van der Waals surface area contributed by atoms with Crippen LogP contribution in [0.1, 0.15) is 27.7 Å². The first-order valence-electron chi connectivity index (χ1n) is 6.34. The minimum atomic E-state index is 0.125. The molecule has 0 radical (unpaired) electrons. The Morgan fingerprint density at radius 1 is 1.06 bits per heavy atom. The van der Waals surface area contributed by atoms with E-state index in [9.17, 15) is 4.79 Å². The van der Waals surface area contributed by atoms with Crippen LogP contribution < -0.4 is 0 Å². The van der Waals surface area contributed by atoms with Crippen molar-refractivity contribution in [3.8, 4) is 0 Å². The Labute approximate surface area is 105 Å². The number of urea groups is 1. The van der Waals surface area contributed by atoms with Crippen LogP contribution in [0.5, 0.6) is 0 Å². The van der Waals surface area contributed by atoms with Crippen molar-refractivity contribution < 1.29 is 4.79 Å². The van der Waals surface area contributed by atoms with Gasteiger partial charge in [0.05, 0.1) is 6.67 Å². The minimum absolute atomic E-state index is 0.125. The molecular formula is C12H26N4O. The highest BCUT2D eigenvalue weighted by molar-refractivity contribution is 5.74. The predicted octanol–water partition coefficient (Wildman–Crippen LogP) is 1.28. The molecule has 0 aromatic carbocycles. The SMILES string of the molecule is CC(C)N(C)C(=O)N1CCN(N(C)C(C)C)C1. The summed E-state index contributed by atoms with van der Waals surface area (Å²) in [5, 5.41) is 4.42. The Balaban J connectivity index is 2.53. The van der Waals surface area contributed by atoms with Crippen molar-refractivity contribution in [2.24, 2.45) is 0 Å². The van der Waals surface area contributed by atoms with Gasteiger partial charge in [-0.1, -0.05) is 0 Å². The van der Waals surface area contributed by atoms with Crippen LogP contribution in [0.15, 0.2) is 0 Å². The smallest absolute Gasteiger partial charge is 0.321 e. The summed E-state index contributed by atoms with van der Waals surface area (Å²) in [6.07, 6.45) is 0. The normalized spacial score (nSPS) is 17.6. The fraction of sp³-hybridized carbons (Fsp3) is 0.917. The van der Waals surface area contributed by atoms with Gasteiger partial charge in [0, 0.05) is 39.3 Å². The van der Waals surface area contributed by atoms with Gasteiger partial charge in [0.2, 0.25) is 0 Å². The highest BCUT2D eigenvalue weighted by Crippen LogP contribution is 2.12. The predicted molar refractivity (Wildman–Crippen MR) is 69.5 cm³/mol. The van der Waals surface area contributed by atoms with E-state index >= 15 is 0 Å². The lowest BCUT2D eigenvalue weighted by Crippen LogP contribution is -2.46. The zero-order chi connectivity index (χ0) is 13.2. The van der Waals surface area contributed by atoms with E-state index in [1.807, 2.05) is 25.8 Å². The molecule has 0 aliphatic carbocycles. The van der Waals surface area contributed by atoms with Gasteiger partial charge in [-0.2, -0.15) is 0 Å². The van der Waals surface area contributed by atoms with E-state index in [-0.39, 0.29) is 12.1 Å². The number of rotatable bonds is 3. The number of hydrogen-bond donors (Lipinski definition) is 0. The van der Waals surface area contributed by atoms with Gasteiger partial charge < -0.3 is 9.80 Å². The molecule has 0 saturated carbocycles. The number of carbonyl (C=O) groups excluding carboxylic acids is 1. The van der Waals surface area contributed by atoms with Crippen molar-refractivity contribution >= 4 is 6.03 Å². The van der Waals surface area contributed by atoms with E-state index in [1.54, 1.807) is 4.90 Å². The molecule has 5 nitrogen and oxygen atoms in total. The van der Waals surface area contributed by atoms with Gasteiger partial charge in [0.1, 0.15) is 0 Å². The molecule has 2 amide bonds. The number of hydrazine groups is 1. The van der Waals surface area contributed by atoms with Crippen LogP contribution >= 0.6 is 0 Å². The molecule has 5 heteroatoms. The average molecular weight is 242 g/mol. The Morgan fingerprint density at radius 2 is 1.65 bits per heavy atom. The molecule has 1 heterocycles. The third-order valence-electron chi connectivity index (χ3n) is 3.50. The highest BCUT2D eigenvalue weighted by atomic mass is 16.2. The third-order valence-corrected chi connectivity index (χ3v) is 3.50. The molecule has 100 valence electrons. The Morgan fingerprint density at radius 3 is 2.12 bits per heavy atom. The zero-order valence-corrected chi connectivity index (χ0v) is 12.0. The summed E-state index contributed by atoms with van der Waals surface area (Å²) in [5.41, 5.74) is 0. The van der Waals surface area contributed by atoms with E-state index in [0.717, 1.165) is 13.1 Å². The van der Waals surface area contributed by atoms with Crippen LogP contribution in [-0.4, -0.2) is 71.8 Å². The Hall–Kier alpha value is -0.810. The molecule has 0 unspecified atom stereocenters. The molecule has 1 aliphatic rings. The minimum Gasteiger partial charge on any atom is -0.325 e. The fourth-order valence-corrected chi connectivity index (χ4v) is 1.76. The van der Waals surface area contributed by atoms with Crippen LogP contribution in [0, 0.1) is 0 Å². The van der Waals surface area contributed by atoms with Gasteiger partial charge in [-0.25, -0.2) is 14.8 Å². The fourth-order valence-electron chi connectivity index (χ4n) is 1.76. The lowest BCUT2D eigenvalue weighted by atomic mass is 10.3. The summed E-state index contributed by atoms with van der Waals surface area (Å²) in [5.74, 6) is 0. The van der Waals surface area contributed by atoms with Crippen molar-refractivity contribution in [3.05, 3.63) is 0 Å².